The van der Waals surface area contributed by atoms with E-state index in [-0.39, 0.29) is 5.82 Å². The molecule has 1 fully saturated rings. The number of hydrogen-bond donors (Lipinski definition) is 3. The molecule has 3 aromatic heterocycles. The predicted molar refractivity (Wildman–Crippen MR) is 125 cm³/mol. The molecule has 10 heteroatoms. The first-order valence-electron chi connectivity index (χ1n) is 10.9. The fourth-order valence-corrected chi connectivity index (χ4v) is 3.81. The summed E-state index contributed by atoms with van der Waals surface area (Å²) in [5.74, 6) is 2.00. The lowest BCUT2D eigenvalue weighted by Gasteiger charge is -2.34. The minimum absolute atomic E-state index is 0.268. The second kappa shape index (κ2) is 9.07. The van der Waals surface area contributed by atoms with Gasteiger partial charge < -0.3 is 20.9 Å². The molecular formula is C22H30FN9. The van der Waals surface area contributed by atoms with Gasteiger partial charge in [-0.15, -0.1) is 0 Å². The van der Waals surface area contributed by atoms with Crippen LogP contribution in [0.15, 0.2) is 18.3 Å². The molecular weight excluding hydrogens is 409 g/mol. The zero-order chi connectivity index (χ0) is 22.8. The first kappa shape index (κ1) is 21.9. The van der Waals surface area contributed by atoms with E-state index in [9.17, 15) is 4.39 Å². The number of rotatable bonds is 6. The Labute approximate surface area is 187 Å². The van der Waals surface area contributed by atoms with Crippen molar-refractivity contribution in [2.75, 3.05) is 35.2 Å². The zero-order valence-electron chi connectivity index (χ0n) is 19.2. The summed E-state index contributed by atoms with van der Waals surface area (Å²) in [5, 5.41) is 14.4. The van der Waals surface area contributed by atoms with Gasteiger partial charge in [-0.1, -0.05) is 6.92 Å². The molecule has 1 atom stereocenters. The van der Waals surface area contributed by atoms with Crippen LogP contribution in [0.3, 0.4) is 0 Å². The maximum atomic E-state index is 14.2. The molecule has 1 saturated heterocycles. The standard InChI is InChI=1S/C22H30FN9/c1-6-16-10-18(26-15(4)20(16)23)28-22-25-11-17(32-8-7-24-13(2)12-32)21(29-22)27-19-9-14(3)31(5)30-19/h9-11,13,24H,6-8,12H2,1-5H3,(H2,25,26,27,28,29,30)/t13-/m1/s1. The van der Waals surface area contributed by atoms with E-state index in [0.717, 1.165) is 31.0 Å². The van der Waals surface area contributed by atoms with Crippen molar-refractivity contribution in [3.63, 3.8) is 0 Å². The molecule has 170 valence electrons. The van der Waals surface area contributed by atoms with Crippen LogP contribution in [-0.2, 0) is 13.5 Å². The molecule has 0 unspecified atom stereocenters. The van der Waals surface area contributed by atoms with Crippen LogP contribution in [-0.4, -0.2) is 50.4 Å². The largest absolute Gasteiger partial charge is 0.364 e. The molecule has 32 heavy (non-hydrogen) atoms. The molecule has 0 aliphatic carbocycles. The fraction of sp³-hybridized carbons (Fsp3) is 0.455. The van der Waals surface area contributed by atoms with Gasteiger partial charge in [0.2, 0.25) is 5.95 Å². The van der Waals surface area contributed by atoms with E-state index in [4.69, 9.17) is 4.98 Å². The third kappa shape index (κ3) is 4.64. The second-order valence-electron chi connectivity index (χ2n) is 8.19. The minimum Gasteiger partial charge on any atom is -0.364 e. The van der Waals surface area contributed by atoms with Gasteiger partial charge in [0, 0.05) is 44.5 Å². The maximum absolute atomic E-state index is 14.2. The van der Waals surface area contributed by atoms with Gasteiger partial charge in [-0.25, -0.2) is 14.4 Å². The van der Waals surface area contributed by atoms with Gasteiger partial charge in [0.25, 0.3) is 0 Å². The lowest BCUT2D eigenvalue weighted by Crippen LogP contribution is -2.49. The van der Waals surface area contributed by atoms with Gasteiger partial charge in [0.15, 0.2) is 11.6 Å². The van der Waals surface area contributed by atoms with Crippen molar-refractivity contribution in [1.82, 2.24) is 30.0 Å². The molecule has 0 saturated carbocycles. The number of nitrogens with one attached hydrogen (secondary N) is 3. The number of pyridine rings is 1. The summed E-state index contributed by atoms with van der Waals surface area (Å²) in [4.78, 5) is 15.8. The third-order valence-electron chi connectivity index (χ3n) is 5.66. The van der Waals surface area contributed by atoms with Crippen LogP contribution in [0.2, 0.25) is 0 Å². The van der Waals surface area contributed by atoms with Gasteiger partial charge in [-0.05, 0) is 38.8 Å². The molecule has 9 nitrogen and oxygen atoms in total. The highest BCUT2D eigenvalue weighted by Gasteiger charge is 2.21. The van der Waals surface area contributed by atoms with Gasteiger partial charge >= 0.3 is 0 Å². The summed E-state index contributed by atoms with van der Waals surface area (Å²) in [6.07, 6.45) is 2.39. The van der Waals surface area contributed by atoms with Gasteiger partial charge in [-0.3, -0.25) is 4.68 Å². The lowest BCUT2D eigenvalue weighted by molar-refractivity contribution is 0.484. The van der Waals surface area contributed by atoms with E-state index in [1.807, 2.05) is 37.8 Å². The lowest BCUT2D eigenvalue weighted by atomic mass is 10.1. The number of aromatic nitrogens is 5. The number of aryl methyl sites for hydroxylation is 4. The Morgan fingerprint density at radius 1 is 1.19 bits per heavy atom. The van der Waals surface area contributed by atoms with Gasteiger partial charge in [0.1, 0.15) is 11.6 Å². The summed E-state index contributed by atoms with van der Waals surface area (Å²) in [7, 11) is 1.90. The topological polar surface area (TPSA) is 95.8 Å². The van der Waals surface area contributed by atoms with E-state index in [1.54, 1.807) is 13.0 Å². The predicted octanol–water partition coefficient (Wildman–Crippen LogP) is 3.21. The molecule has 1 aliphatic rings. The van der Waals surface area contributed by atoms with Crippen LogP contribution in [0.1, 0.15) is 30.8 Å². The normalized spacial score (nSPS) is 16.3. The number of halogens is 1. The Morgan fingerprint density at radius 2 is 2.00 bits per heavy atom. The van der Waals surface area contributed by atoms with Crippen LogP contribution >= 0.6 is 0 Å². The Balaban J connectivity index is 1.67. The van der Waals surface area contributed by atoms with Gasteiger partial charge in [0.05, 0.1) is 17.6 Å². The quantitative estimate of drug-likeness (QED) is 0.539. The number of piperazine rings is 1. The van der Waals surface area contributed by atoms with Crippen LogP contribution in [0.4, 0.5) is 33.5 Å². The van der Waals surface area contributed by atoms with Crippen LogP contribution in [0.25, 0.3) is 0 Å². The molecule has 0 spiro atoms. The molecule has 1 aliphatic heterocycles. The van der Waals surface area contributed by atoms with E-state index in [2.05, 4.69) is 42.8 Å². The van der Waals surface area contributed by atoms with Crippen molar-refractivity contribution in [2.24, 2.45) is 7.05 Å². The van der Waals surface area contributed by atoms with Crippen molar-refractivity contribution >= 4 is 29.1 Å². The second-order valence-corrected chi connectivity index (χ2v) is 8.19. The molecule has 0 bridgehead atoms. The monoisotopic (exact) mass is 439 g/mol. The smallest absolute Gasteiger partial charge is 0.230 e. The molecule has 0 radical (unpaired) electrons. The molecule has 4 rings (SSSR count). The van der Waals surface area contributed by atoms with E-state index >= 15 is 0 Å². The van der Waals surface area contributed by atoms with Crippen molar-refractivity contribution < 1.29 is 4.39 Å². The van der Waals surface area contributed by atoms with Crippen molar-refractivity contribution in [3.05, 3.63) is 41.1 Å². The Bertz CT molecular complexity index is 1090. The Kier molecular flexibility index (Phi) is 6.22. The summed E-state index contributed by atoms with van der Waals surface area (Å²) >= 11 is 0. The fourth-order valence-electron chi connectivity index (χ4n) is 3.81. The first-order valence-corrected chi connectivity index (χ1v) is 10.9. The Hall–Kier alpha value is -3.27. The molecule has 0 amide bonds. The van der Waals surface area contributed by atoms with Crippen molar-refractivity contribution in [3.8, 4) is 0 Å². The van der Waals surface area contributed by atoms with Gasteiger partial charge in [-0.2, -0.15) is 10.1 Å². The molecule has 3 N–H and O–H groups in total. The summed E-state index contributed by atoms with van der Waals surface area (Å²) in [5.41, 5.74) is 2.90. The van der Waals surface area contributed by atoms with E-state index in [0.29, 0.717) is 47.1 Å². The zero-order valence-corrected chi connectivity index (χ0v) is 19.2. The Morgan fingerprint density at radius 3 is 2.69 bits per heavy atom. The summed E-state index contributed by atoms with van der Waals surface area (Å²) < 4.78 is 16.0. The third-order valence-corrected chi connectivity index (χ3v) is 5.66. The molecule has 0 aromatic carbocycles. The minimum atomic E-state index is -0.268. The summed E-state index contributed by atoms with van der Waals surface area (Å²) in [6.45, 7) is 10.3. The SMILES string of the molecule is CCc1cc(Nc2ncc(N3CCN[C@H](C)C3)c(Nc3cc(C)n(C)n3)n2)nc(C)c1F. The van der Waals surface area contributed by atoms with Crippen molar-refractivity contribution in [2.45, 2.75) is 40.2 Å². The van der Waals surface area contributed by atoms with E-state index in [1.165, 1.54) is 0 Å². The average Bonchev–Trinajstić information content (AvgIpc) is 3.07. The highest BCUT2D eigenvalue weighted by molar-refractivity contribution is 5.72. The van der Waals surface area contributed by atoms with Crippen LogP contribution < -0.4 is 20.9 Å². The number of hydrogen-bond acceptors (Lipinski definition) is 8. The molecule has 3 aromatic rings. The van der Waals surface area contributed by atoms with Crippen LogP contribution in [0.5, 0.6) is 0 Å². The highest BCUT2D eigenvalue weighted by atomic mass is 19.1. The average molecular weight is 440 g/mol. The highest BCUT2D eigenvalue weighted by Crippen LogP contribution is 2.29. The maximum Gasteiger partial charge on any atom is 0.230 e. The first-order chi connectivity index (χ1) is 15.3. The molecule has 4 heterocycles. The van der Waals surface area contributed by atoms with Crippen molar-refractivity contribution in [1.29, 1.82) is 0 Å². The number of nitrogens with zero attached hydrogens (tertiary/aromatic N) is 6. The number of anilines is 5. The summed E-state index contributed by atoms with van der Waals surface area (Å²) in [6, 6.07) is 4.04. The van der Waals surface area contributed by atoms with Crippen LogP contribution in [0, 0.1) is 19.7 Å². The van der Waals surface area contributed by atoms with E-state index < -0.39 is 0 Å².